The third-order valence-corrected chi connectivity index (χ3v) is 3.99. The fourth-order valence-corrected chi connectivity index (χ4v) is 2.93. The number of piperidine rings is 2. The van der Waals surface area contributed by atoms with E-state index in [4.69, 9.17) is 0 Å². The van der Waals surface area contributed by atoms with Crippen LogP contribution in [0.5, 0.6) is 0 Å². The summed E-state index contributed by atoms with van der Waals surface area (Å²) >= 11 is 0. The van der Waals surface area contributed by atoms with Gasteiger partial charge in [-0.05, 0) is 58.0 Å². The second kappa shape index (κ2) is 5.67. The van der Waals surface area contributed by atoms with Crippen LogP contribution < -0.4 is 5.32 Å². The predicted molar refractivity (Wildman–Crippen MR) is 65.2 cm³/mol. The van der Waals surface area contributed by atoms with E-state index in [9.17, 15) is 4.79 Å². The predicted octanol–water partition coefficient (Wildman–Crippen LogP) is 1.78. The van der Waals surface area contributed by atoms with Crippen molar-refractivity contribution in [3.63, 3.8) is 0 Å². The molecule has 3 heteroatoms. The van der Waals surface area contributed by atoms with Crippen LogP contribution in [-0.2, 0) is 4.79 Å². The first-order valence-corrected chi connectivity index (χ1v) is 6.77. The van der Waals surface area contributed by atoms with Crippen LogP contribution in [0.1, 0.15) is 45.4 Å². The van der Waals surface area contributed by atoms with Gasteiger partial charge in [-0.1, -0.05) is 0 Å². The highest BCUT2D eigenvalue weighted by molar-refractivity contribution is 5.76. The Morgan fingerprint density at radius 1 is 1.31 bits per heavy atom. The van der Waals surface area contributed by atoms with Crippen molar-refractivity contribution >= 4 is 5.91 Å². The zero-order chi connectivity index (χ0) is 11.4. The van der Waals surface area contributed by atoms with Gasteiger partial charge < -0.3 is 10.2 Å². The van der Waals surface area contributed by atoms with Gasteiger partial charge in [-0.2, -0.15) is 0 Å². The largest absolute Gasteiger partial charge is 0.340 e. The number of amides is 1. The lowest BCUT2D eigenvalue weighted by Gasteiger charge is -2.35. The van der Waals surface area contributed by atoms with E-state index in [1.807, 2.05) is 0 Å². The summed E-state index contributed by atoms with van der Waals surface area (Å²) in [5, 5.41) is 3.38. The molecule has 2 saturated heterocycles. The third-order valence-electron chi connectivity index (χ3n) is 3.99. The standard InChI is InChI=1S/C13H24N2O/c1-11-5-2-3-8-15(11)13(16)9-12-6-4-7-14-10-12/h11-12,14H,2-10H2,1H3/t11-,12+/m0/s1. The van der Waals surface area contributed by atoms with E-state index in [0.29, 0.717) is 17.9 Å². The number of nitrogens with one attached hydrogen (secondary N) is 1. The van der Waals surface area contributed by atoms with Crippen LogP contribution in [0.15, 0.2) is 0 Å². The topological polar surface area (TPSA) is 32.3 Å². The molecule has 2 rings (SSSR count). The lowest BCUT2D eigenvalue weighted by atomic mass is 9.94. The summed E-state index contributed by atoms with van der Waals surface area (Å²) in [4.78, 5) is 14.3. The normalized spacial score (nSPS) is 31.4. The number of rotatable bonds is 2. The lowest BCUT2D eigenvalue weighted by molar-refractivity contribution is -0.135. The Kier molecular flexibility index (Phi) is 4.22. The van der Waals surface area contributed by atoms with E-state index < -0.39 is 0 Å². The summed E-state index contributed by atoms with van der Waals surface area (Å²) in [6.07, 6.45) is 6.88. The molecule has 0 saturated carbocycles. The highest BCUT2D eigenvalue weighted by Gasteiger charge is 2.25. The molecule has 0 spiro atoms. The molecule has 16 heavy (non-hydrogen) atoms. The van der Waals surface area contributed by atoms with E-state index >= 15 is 0 Å². The Hall–Kier alpha value is -0.570. The highest BCUT2D eigenvalue weighted by Crippen LogP contribution is 2.21. The number of carbonyl (C=O) groups is 1. The zero-order valence-corrected chi connectivity index (χ0v) is 10.4. The van der Waals surface area contributed by atoms with Gasteiger partial charge in [0.1, 0.15) is 0 Å². The van der Waals surface area contributed by atoms with E-state index in [1.165, 1.54) is 32.1 Å². The SMILES string of the molecule is C[C@H]1CCCCN1C(=O)C[C@H]1CCCNC1. The zero-order valence-electron chi connectivity index (χ0n) is 10.4. The fourth-order valence-electron chi connectivity index (χ4n) is 2.93. The monoisotopic (exact) mass is 224 g/mol. The molecule has 92 valence electrons. The minimum atomic E-state index is 0.390. The van der Waals surface area contributed by atoms with Crippen LogP contribution in [0.3, 0.4) is 0 Å². The summed E-state index contributed by atoms with van der Waals surface area (Å²) in [6.45, 7) is 5.34. The minimum absolute atomic E-state index is 0.390. The summed E-state index contributed by atoms with van der Waals surface area (Å²) < 4.78 is 0. The van der Waals surface area contributed by atoms with Gasteiger partial charge in [0.15, 0.2) is 0 Å². The number of hydrogen-bond acceptors (Lipinski definition) is 2. The maximum Gasteiger partial charge on any atom is 0.223 e. The Bertz CT molecular complexity index is 236. The first-order valence-electron chi connectivity index (χ1n) is 6.77. The van der Waals surface area contributed by atoms with Crippen LogP contribution in [-0.4, -0.2) is 36.5 Å². The van der Waals surface area contributed by atoms with Crippen molar-refractivity contribution in [1.82, 2.24) is 10.2 Å². The van der Waals surface area contributed by atoms with Gasteiger partial charge in [-0.15, -0.1) is 0 Å². The maximum absolute atomic E-state index is 12.2. The van der Waals surface area contributed by atoms with Crippen LogP contribution in [0.25, 0.3) is 0 Å². The molecule has 0 bridgehead atoms. The summed E-state index contributed by atoms with van der Waals surface area (Å²) in [5.41, 5.74) is 0. The summed E-state index contributed by atoms with van der Waals surface area (Å²) in [7, 11) is 0. The Labute approximate surface area is 98.6 Å². The van der Waals surface area contributed by atoms with Crippen molar-refractivity contribution < 1.29 is 4.79 Å². The molecule has 0 aliphatic carbocycles. The summed E-state index contributed by atoms with van der Waals surface area (Å²) in [6, 6.07) is 0.470. The molecule has 1 N–H and O–H groups in total. The van der Waals surface area contributed by atoms with Crippen molar-refractivity contribution in [1.29, 1.82) is 0 Å². The molecule has 2 heterocycles. The fraction of sp³-hybridized carbons (Fsp3) is 0.923. The van der Waals surface area contributed by atoms with E-state index in [0.717, 1.165) is 26.1 Å². The quantitative estimate of drug-likeness (QED) is 0.775. The second-order valence-electron chi connectivity index (χ2n) is 5.35. The molecule has 2 atom stereocenters. The average molecular weight is 224 g/mol. The number of nitrogens with zero attached hydrogens (tertiary/aromatic N) is 1. The van der Waals surface area contributed by atoms with Crippen molar-refractivity contribution in [2.75, 3.05) is 19.6 Å². The average Bonchev–Trinajstić information content (AvgIpc) is 2.31. The van der Waals surface area contributed by atoms with Crippen molar-refractivity contribution in [3.05, 3.63) is 0 Å². The Morgan fingerprint density at radius 3 is 2.88 bits per heavy atom. The second-order valence-corrected chi connectivity index (χ2v) is 5.35. The highest BCUT2D eigenvalue weighted by atomic mass is 16.2. The van der Waals surface area contributed by atoms with Gasteiger partial charge in [-0.25, -0.2) is 0 Å². The molecule has 0 unspecified atom stereocenters. The van der Waals surface area contributed by atoms with E-state index in [1.54, 1.807) is 0 Å². The van der Waals surface area contributed by atoms with Gasteiger partial charge in [0.05, 0.1) is 0 Å². The minimum Gasteiger partial charge on any atom is -0.340 e. The molecule has 1 amide bonds. The van der Waals surface area contributed by atoms with Crippen molar-refractivity contribution in [2.24, 2.45) is 5.92 Å². The van der Waals surface area contributed by atoms with Gasteiger partial charge in [0, 0.05) is 19.0 Å². The molecule has 2 aliphatic rings. The number of hydrogen-bond donors (Lipinski definition) is 1. The smallest absolute Gasteiger partial charge is 0.223 e. The molecule has 2 fully saturated rings. The lowest BCUT2D eigenvalue weighted by Crippen LogP contribution is -2.43. The molecule has 0 radical (unpaired) electrons. The molecule has 3 nitrogen and oxygen atoms in total. The first kappa shape index (κ1) is 11.9. The van der Waals surface area contributed by atoms with Crippen LogP contribution >= 0.6 is 0 Å². The summed E-state index contributed by atoms with van der Waals surface area (Å²) in [5.74, 6) is 0.969. The van der Waals surface area contributed by atoms with Gasteiger partial charge >= 0.3 is 0 Å². The molecule has 0 aromatic heterocycles. The third kappa shape index (κ3) is 2.97. The first-order chi connectivity index (χ1) is 7.77. The molecular weight excluding hydrogens is 200 g/mol. The van der Waals surface area contributed by atoms with Crippen molar-refractivity contribution in [2.45, 2.75) is 51.5 Å². The molecule has 0 aromatic carbocycles. The van der Waals surface area contributed by atoms with Gasteiger partial charge in [0.2, 0.25) is 5.91 Å². The Morgan fingerprint density at radius 2 is 2.19 bits per heavy atom. The van der Waals surface area contributed by atoms with Crippen LogP contribution in [0.4, 0.5) is 0 Å². The van der Waals surface area contributed by atoms with E-state index in [-0.39, 0.29) is 0 Å². The molecule has 0 aromatic rings. The maximum atomic E-state index is 12.2. The van der Waals surface area contributed by atoms with Crippen LogP contribution in [0.2, 0.25) is 0 Å². The molecule has 2 aliphatic heterocycles. The van der Waals surface area contributed by atoms with Crippen LogP contribution in [0, 0.1) is 5.92 Å². The Balaban J connectivity index is 1.81. The molecular formula is C13H24N2O. The van der Waals surface area contributed by atoms with Crippen molar-refractivity contribution in [3.8, 4) is 0 Å². The van der Waals surface area contributed by atoms with Gasteiger partial charge in [-0.3, -0.25) is 4.79 Å². The number of carbonyl (C=O) groups excluding carboxylic acids is 1. The number of likely N-dealkylation sites (tertiary alicyclic amines) is 1. The van der Waals surface area contributed by atoms with E-state index in [2.05, 4.69) is 17.1 Å². The van der Waals surface area contributed by atoms with Gasteiger partial charge in [0.25, 0.3) is 0 Å².